The van der Waals surface area contributed by atoms with Gasteiger partial charge in [-0.2, -0.15) is 0 Å². The molecule has 0 radical (unpaired) electrons. The Bertz CT molecular complexity index is 1010. The molecule has 2 aliphatic rings. The first-order valence-corrected chi connectivity index (χ1v) is 9.47. The van der Waals surface area contributed by atoms with Crippen LogP contribution in [0.25, 0.3) is 10.9 Å². The van der Waals surface area contributed by atoms with Crippen LogP contribution < -0.4 is 4.74 Å². The second-order valence-corrected chi connectivity index (χ2v) is 7.31. The molecule has 1 amide bonds. The molecule has 2 aliphatic heterocycles. The molecule has 140 valence electrons. The minimum absolute atomic E-state index is 0.135. The number of H-pyrrole nitrogens is 1. The number of carbonyl (C=O) groups is 1. The normalized spacial score (nSPS) is 19.4. The highest BCUT2D eigenvalue weighted by atomic mass is 16.5. The number of amides is 1. The second-order valence-electron chi connectivity index (χ2n) is 7.31. The van der Waals surface area contributed by atoms with Gasteiger partial charge in [0.25, 0.3) is 0 Å². The summed E-state index contributed by atoms with van der Waals surface area (Å²) in [5.74, 6) is 1.43. The van der Waals surface area contributed by atoms with Crippen LogP contribution in [0.3, 0.4) is 0 Å². The fourth-order valence-corrected chi connectivity index (χ4v) is 4.32. The molecule has 1 atom stereocenters. The van der Waals surface area contributed by atoms with Crippen molar-refractivity contribution in [3.05, 3.63) is 35.3 Å². The lowest BCUT2D eigenvalue weighted by molar-refractivity contribution is -0.134. The molecule has 0 fully saturated rings. The van der Waals surface area contributed by atoms with Gasteiger partial charge in [-0.05, 0) is 41.5 Å². The third kappa shape index (κ3) is 2.67. The standard InChI is InChI=1S/C19H22N6O2/c1-27-12-5-6-16-14(10-12)15-11-24(9-7-17(15)20-16)19(26)13-4-2-3-8-25-18(13)21-22-23-25/h5-6,10,13,20H,2-4,7-9,11H2,1H3/t13-/m0/s1. The van der Waals surface area contributed by atoms with Crippen LogP contribution in [0.5, 0.6) is 5.75 Å². The van der Waals surface area contributed by atoms with Gasteiger partial charge in [0.1, 0.15) is 5.75 Å². The summed E-state index contributed by atoms with van der Waals surface area (Å²) in [6.07, 6.45) is 3.65. The summed E-state index contributed by atoms with van der Waals surface area (Å²) in [7, 11) is 1.67. The molecule has 4 heterocycles. The van der Waals surface area contributed by atoms with Gasteiger partial charge in [0.05, 0.1) is 13.0 Å². The Morgan fingerprint density at radius 2 is 2.22 bits per heavy atom. The number of tetrazole rings is 1. The van der Waals surface area contributed by atoms with Gasteiger partial charge in [-0.15, -0.1) is 5.10 Å². The van der Waals surface area contributed by atoms with E-state index in [2.05, 4.69) is 20.5 Å². The number of aryl methyl sites for hydroxylation is 1. The number of rotatable bonds is 2. The summed E-state index contributed by atoms with van der Waals surface area (Å²) in [5, 5.41) is 13.1. The lowest BCUT2D eigenvalue weighted by Gasteiger charge is -2.30. The first kappa shape index (κ1) is 16.3. The zero-order chi connectivity index (χ0) is 18.4. The molecule has 0 saturated heterocycles. The number of hydrogen-bond acceptors (Lipinski definition) is 5. The molecule has 3 aromatic rings. The van der Waals surface area contributed by atoms with Gasteiger partial charge in [0.15, 0.2) is 5.82 Å². The fourth-order valence-electron chi connectivity index (χ4n) is 4.32. The molecule has 0 saturated carbocycles. The van der Waals surface area contributed by atoms with Crippen molar-refractivity contribution >= 4 is 16.8 Å². The average Bonchev–Trinajstić information content (AvgIpc) is 3.25. The Balaban J connectivity index is 1.46. The second kappa shape index (κ2) is 6.37. The van der Waals surface area contributed by atoms with Crippen LogP contribution >= 0.6 is 0 Å². The predicted molar refractivity (Wildman–Crippen MR) is 98.4 cm³/mol. The fraction of sp³-hybridized carbons (Fsp3) is 0.474. The van der Waals surface area contributed by atoms with Crippen LogP contribution in [0.4, 0.5) is 0 Å². The van der Waals surface area contributed by atoms with E-state index in [0.29, 0.717) is 18.9 Å². The van der Waals surface area contributed by atoms with Crippen LogP contribution in [-0.2, 0) is 24.3 Å². The van der Waals surface area contributed by atoms with Crippen molar-refractivity contribution in [3.8, 4) is 5.75 Å². The van der Waals surface area contributed by atoms with E-state index in [9.17, 15) is 4.79 Å². The highest BCUT2D eigenvalue weighted by Gasteiger charge is 2.34. The van der Waals surface area contributed by atoms with Gasteiger partial charge in [0.2, 0.25) is 5.91 Å². The van der Waals surface area contributed by atoms with Crippen LogP contribution in [0.2, 0.25) is 0 Å². The number of fused-ring (bicyclic) bond motifs is 4. The summed E-state index contributed by atoms with van der Waals surface area (Å²) < 4.78 is 7.17. The van der Waals surface area contributed by atoms with Gasteiger partial charge in [0, 0.05) is 48.2 Å². The number of carbonyl (C=O) groups excluding carboxylic acids is 1. The monoisotopic (exact) mass is 366 g/mol. The van der Waals surface area contributed by atoms with Gasteiger partial charge in [-0.1, -0.05) is 6.42 Å². The number of methoxy groups -OCH3 is 1. The van der Waals surface area contributed by atoms with Crippen LogP contribution in [0, 0.1) is 0 Å². The molecule has 27 heavy (non-hydrogen) atoms. The van der Waals surface area contributed by atoms with E-state index in [1.54, 1.807) is 11.8 Å². The molecule has 0 bridgehead atoms. The largest absolute Gasteiger partial charge is 0.497 e. The SMILES string of the molecule is COc1ccc2[nH]c3c(c2c1)CN(C(=O)[C@H]1CCCCn2nnnc21)CC3. The minimum atomic E-state index is -0.246. The molecule has 1 N–H and O–H groups in total. The molecule has 2 aromatic heterocycles. The first-order valence-electron chi connectivity index (χ1n) is 9.47. The zero-order valence-corrected chi connectivity index (χ0v) is 15.3. The molecule has 8 nitrogen and oxygen atoms in total. The van der Waals surface area contributed by atoms with E-state index in [0.717, 1.165) is 48.9 Å². The van der Waals surface area contributed by atoms with Gasteiger partial charge in [-0.25, -0.2) is 4.68 Å². The third-order valence-corrected chi connectivity index (χ3v) is 5.78. The Labute approximate surface area is 156 Å². The lowest BCUT2D eigenvalue weighted by atomic mass is 9.98. The van der Waals surface area contributed by atoms with Crippen molar-refractivity contribution in [2.45, 2.75) is 44.7 Å². The zero-order valence-electron chi connectivity index (χ0n) is 15.3. The van der Waals surface area contributed by atoms with Gasteiger partial charge in [-0.3, -0.25) is 4.79 Å². The highest BCUT2D eigenvalue weighted by Crippen LogP contribution is 2.33. The van der Waals surface area contributed by atoms with Crippen LogP contribution in [0.1, 0.15) is 42.3 Å². The summed E-state index contributed by atoms with van der Waals surface area (Å²) in [4.78, 5) is 18.8. The summed E-state index contributed by atoms with van der Waals surface area (Å²) in [6, 6.07) is 6.04. The molecular formula is C19H22N6O2. The van der Waals surface area contributed by atoms with Gasteiger partial charge < -0.3 is 14.6 Å². The van der Waals surface area contributed by atoms with Crippen molar-refractivity contribution in [2.75, 3.05) is 13.7 Å². The Kier molecular flexibility index (Phi) is 3.84. The summed E-state index contributed by atoms with van der Waals surface area (Å²) in [6.45, 7) is 2.12. The number of benzene rings is 1. The topological polar surface area (TPSA) is 88.9 Å². The maximum absolute atomic E-state index is 13.3. The van der Waals surface area contributed by atoms with Gasteiger partial charge >= 0.3 is 0 Å². The Morgan fingerprint density at radius 1 is 1.30 bits per heavy atom. The molecular weight excluding hydrogens is 344 g/mol. The quantitative estimate of drug-likeness (QED) is 0.749. The van der Waals surface area contributed by atoms with E-state index in [-0.39, 0.29) is 11.8 Å². The van der Waals surface area contributed by atoms with E-state index >= 15 is 0 Å². The predicted octanol–water partition coefficient (Wildman–Crippen LogP) is 2.02. The van der Waals surface area contributed by atoms with Crippen molar-refractivity contribution in [1.82, 2.24) is 30.1 Å². The molecule has 0 spiro atoms. The number of aromatic nitrogens is 5. The first-order chi connectivity index (χ1) is 13.2. The van der Waals surface area contributed by atoms with E-state index in [4.69, 9.17) is 4.74 Å². The maximum atomic E-state index is 13.3. The molecule has 8 heteroatoms. The third-order valence-electron chi connectivity index (χ3n) is 5.78. The average molecular weight is 366 g/mol. The number of aromatic amines is 1. The van der Waals surface area contributed by atoms with Crippen molar-refractivity contribution < 1.29 is 9.53 Å². The van der Waals surface area contributed by atoms with Crippen LogP contribution in [-0.4, -0.2) is 49.7 Å². The lowest BCUT2D eigenvalue weighted by Crippen LogP contribution is -2.39. The van der Waals surface area contributed by atoms with Crippen LogP contribution in [0.15, 0.2) is 18.2 Å². The molecule has 5 rings (SSSR count). The number of nitrogens with zero attached hydrogens (tertiary/aromatic N) is 5. The summed E-state index contributed by atoms with van der Waals surface area (Å²) in [5.41, 5.74) is 3.50. The maximum Gasteiger partial charge on any atom is 0.233 e. The van der Waals surface area contributed by atoms with E-state index in [1.807, 2.05) is 23.1 Å². The smallest absolute Gasteiger partial charge is 0.233 e. The Morgan fingerprint density at radius 3 is 3.11 bits per heavy atom. The number of hydrogen-bond donors (Lipinski definition) is 1. The molecule has 0 unspecified atom stereocenters. The van der Waals surface area contributed by atoms with Crippen molar-refractivity contribution in [2.24, 2.45) is 0 Å². The number of ether oxygens (including phenoxy) is 1. The number of nitrogens with one attached hydrogen (secondary N) is 1. The summed E-state index contributed by atoms with van der Waals surface area (Å²) >= 11 is 0. The van der Waals surface area contributed by atoms with E-state index in [1.165, 1.54) is 11.3 Å². The Hall–Kier alpha value is -2.90. The van der Waals surface area contributed by atoms with Crippen molar-refractivity contribution in [1.29, 1.82) is 0 Å². The van der Waals surface area contributed by atoms with Crippen molar-refractivity contribution in [3.63, 3.8) is 0 Å². The minimum Gasteiger partial charge on any atom is -0.497 e. The molecule has 0 aliphatic carbocycles. The van der Waals surface area contributed by atoms with E-state index < -0.39 is 0 Å². The highest BCUT2D eigenvalue weighted by molar-refractivity contribution is 5.88. The molecule has 1 aromatic carbocycles.